The number of fused-ring (bicyclic) bond motifs is 2. The van der Waals surface area contributed by atoms with Gasteiger partial charge in [0.2, 0.25) is 10.4 Å². The summed E-state index contributed by atoms with van der Waals surface area (Å²) < 4.78 is 67.9. The fraction of sp³-hybridized carbons (Fsp3) is 0.800. The number of ether oxygens (including phenoxy) is 1. The molecule has 2 aliphatic rings. The summed E-state index contributed by atoms with van der Waals surface area (Å²) in [7, 11) is -7.62. The molecule has 2 aliphatic heterocycles. The van der Waals surface area contributed by atoms with E-state index >= 15 is 0 Å². The smallest absolute Gasteiger partial charge is 0.724 e. The molecule has 2 N–H and O–H groups in total. The average Bonchev–Trinajstić information content (AvgIpc) is 2.68. The molecule has 0 unspecified atom stereocenters. The maximum atomic E-state index is 12.2. The fourth-order valence-corrected chi connectivity index (χ4v) is 3.89. The monoisotopic (exact) mass is 408 g/mol. The maximum absolute atomic E-state index is 12.2. The van der Waals surface area contributed by atoms with E-state index in [0.29, 0.717) is 5.06 Å². The summed E-state index contributed by atoms with van der Waals surface area (Å²) in [5.41, 5.74) is 5.72. The average molecular weight is 408 g/mol. The van der Waals surface area contributed by atoms with Crippen molar-refractivity contribution in [2.45, 2.75) is 24.9 Å². The van der Waals surface area contributed by atoms with Crippen molar-refractivity contribution in [2.24, 2.45) is 10.1 Å². The van der Waals surface area contributed by atoms with Gasteiger partial charge in [0, 0.05) is 13.7 Å². The van der Waals surface area contributed by atoms with Gasteiger partial charge in [-0.1, -0.05) is 0 Å². The molecule has 15 heteroatoms. The minimum atomic E-state index is -5.10. The van der Waals surface area contributed by atoms with Gasteiger partial charge >= 0.3 is 35.6 Å². The molecule has 25 heavy (non-hydrogen) atoms. The van der Waals surface area contributed by atoms with Gasteiger partial charge in [0.15, 0.2) is 0 Å². The van der Waals surface area contributed by atoms with Gasteiger partial charge in [0.25, 0.3) is 10.0 Å². The topological polar surface area (TPSA) is 172 Å². The molecule has 2 fully saturated rings. The number of amides is 2. The number of sulfonamides is 1. The Morgan fingerprint density at radius 1 is 1.36 bits per heavy atom. The van der Waals surface area contributed by atoms with E-state index in [-0.39, 0.29) is 67.1 Å². The Morgan fingerprint density at radius 3 is 2.56 bits per heavy atom. The number of amidine groups is 1. The number of piperidine rings is 1. The first-order chi connectivity index (χ1) is 11.0. The van der Waals surface area contributed by atoms with Crippen LogP contribution in [0.3, 0.4) is 0 Å². The summed E-state index contributed by atoms with van der Waals surface area (Å²) in [6.45, 7) is -0.00909. The van der Waals surface area contributed by atoms with Crippen molar-refractivity contribution >= 4 is 32.3 Å². The normalized spacial score (nSPS) is 24.4. The molecule has 0 aromatic heterocycles. The molecule has 2 atom stereocenters. The first-order valence-corrected chi connectivity index (χ1v) is 9.80. The number of hydroxylamine groups is 2. The zero-order valence-electron chi connectivity index (χ0n) is 13.7. The van der Waals surface area contributed by atoms with E-state index in [1.54, 1.807) is 0 Å². The zero-order chi connectivity index (χ0) is 18.1. The standard InChI is InChI=1S/C10H18N4O8S2.Na/c1-21-4-5-23(16,17)12-9(11)8-3-2-7-6-13(8)10(15)14(7)22-24(18,19)20;/h7-8H,2-6H2,1H3,(H2,11,12)(H,18,19,20);/q;+1/p-1/t7-,8+;/m1./s1. The second kappa shape index (κ2) is 8.47. The molecule has 2 bridgehead atoms. The number of nitrogens with two attached hydrogens (primary N) is 1. The van der Waals surface area contributed by atoms with Gasteiger partial charge in [-0.25, -0.2) is 21.6 Å². The third-order valence-corrected chi connectivity index (χ3v) is 5.14. The molecule has 2 heterocycles. The summed E-state index contributed by atoms with van der Waals surface area (Å²) in [6.07, 6.45) is 0.529. The second-order valence-corrected chi connectivity index (χ2v) is 8.01. The summed E-state index contributed by atoms with van der Waals surface area (Å²) >= 11 is 0. The van der Waals surface area contributed by atoms with Crippen molar-refractivity contribution in [3.63, 3.8) is 0 Å². The second-order valence-electron chi connectivity index (χ2n) is 5.29. The number of hydrogen-bond acceptors (Lipinski definition) is 8. The van der Waals surface area contributed by atoms with Gasteiger partial charge in [0.1, 0.15) is 5.84 Å². The van der Waals surface area contributed by atoms with Crippen LogP contribution in [0.4, 0.5) is 4.79 Å². The van der Waals surface area contributed by atoms with Crippen LogP contribution in [0.2, 0.25) is 0 Å². The van der Waals surface area contributed by atoms with Crippen LogP contribution in [0.25, 0.3) is 0 Å². The molecule has 0 radical (unpaired) electrons. The van der Waals surface area contributed by atoms with Gasteiger partial charge in [-0.05, 0) is 12.8 Å². The van der Waals surface area contributed by atoms with E-state index in [4.69, 9.17) is 5.73 Å². The number of hydrogen-bond donors (Lipinski definition) is 1. The third kappa shape index (κ3) is 5.75. The van der Waals surface area contributed by atoms with Crippen molar-refractivity contribution in [3.05, 3.63) is 0 Å². The molecule has 0 saturated carbocycles. The molecule has 138 valence electrons. The zero-order valence-corrected chi connectivity index (χ0v) is 17.3. The van der Waals surface area contributed by atoms with Crippen LogP contribution >= 0.6 is 0 Å². The number of methoxy groups -OCH3 is 1. The van der Waals surface area contributed by atoms with Crippen LogP contribution in [0.1, 0.15) is 12.8 Å². The Morgan fingerprint density at radius 2 is 2.00 bits per heavy atom. The fourth-order valence-electron chi connectivity index (χ4n) is 2.59. The van der Waals surface area contributed by atoms with E-state index < -0.39 is 38.5 Å². The largest absolute Gasteiger partial charge is 1.00 e. The van der Waals surface area contributed by atoms with Crippen molar-refractivity contribution in [1.82, 2.24) is 9.96 Å². The summed E-state index contributed by atoms with van der Waals surface area (Å²) in [4.78, 5) is 13.3. The SMILES string of the molecule is COCCS(=O)(=O)N=C(N)[C@@H]1CC[C@@H]2CN1C(=O)N2OS(=O)(=O)[O-].[Na+]. The number of urea groups is 1. The number of carbonyl (C=O) groups excluding carboxylic acids is 1. The Bertz CT molecular complexity index is 740. The summed E-state index contributed by atoms with van der Waals surface area (Å²) in [5, 5.41) is 0.481. The predicted octanol–water partition coefficient (Wildman–Crippen LogP) is -5.02. The van der Waals surface area contributed by atoms with Crippen molar-refractivity contribution in [2.75, 3.05) is 26.0 Å². The van der Waals surface area contributed by atoms with Gasteiger partial charge in [-0.2, -0.15) is 9.35 Å². The van der Waals surface area contributed by atoms with E-state index in [2.05, 4.69) is 13.4 Å². The molecule has 2 amide bonds. The summed E-state index contributed by atoms with van der Waals surface area (Å²) in [5.74, 6) is -0.651. The molecular weight excluding hydrogens is 391 g/mol. The maximum Gasteiger partial charge on any atom is 1.00 e. The first-order valence-electron chi connectivity index (χ1n) is 6.86. The Balaban J connectivity index is 0.00000312. The van der Waals surface area contributed by atoms with Crippen LogP contribution in [-0.2, 0) is 29.4 Å². The first kappa shape index (κ1) is 22.6. The molecular formula is C10H17N4NaO8S2. The Labute approximate surface area is 167 Å². The molecule has 2 rings (SSSR count). The number of nitrogens with zero attached hydrogens (tertiary/aromatic N) is 3. The van der Waals surface area contributed by atoms with Crippen LogP contribution < -0.4 is 35.3 Å². The molecule has 0 aliphatic carbocycles. The van der Waals surface area contributed by atoms with Gasteiger partial charge in [-0.15, -0.1) is 4.40 Å². The molecule has 12 nitrogen and oxygen atoms in total. The third-order valence-electron chi connectivity index (χ3n) is 3.63. The number of rotatable bonds is 7. The molecule has 2 saturated heterocycles. The van der Waals surface area contributed by atoms with Crippen molar-refractivity contribution < 1.29 is 64.8 Å². The van der Waals surface area contributed by atoms with Crippen molar-refractivity contribution in [3.8, 4) is 0 Å². The van der Waals surface area contributed by atoms with Crippen LogP contribution in [0, 0.1) is 0 Å². The van der Waals surface area contributed by atoms with Crippen LogP contribution in [0.5, 0.6) is 0 Å². The Kier molecular flexibility index (Phi) is 7.65. The molecule has 0 spiro atoms. The molecule has 0 aromatic rings. The Hall–Kier alpha value is -0.480. The van der Waals surface area contributed by atoms with Crippen molar-refractivity contribution in [1.29, 1.82) is 0 Å². The molecule has 0 aromatic carbocycles. The number of carbonyl (C=O) groups is 1. The predicted molar refractivity (Wildman–Crippen MR) is 78.8 cm³/mol. The van der Waals surface area contributed by atoms with Crippen LogP contribution in [-0.4, -0.2) is 81.3 Å². The van der Waals surface area contributed by atoms with Gasteiger partial charge < -0.3 is 19.9 Å². The summed E-state index contributed by atoms with van der Waals surface area (Å²) in [6, 6.07) is -2.33. The van der Waals surface area contributed by atoms with E-state index in [0.717, 1.165) is 4.90 Å². The minimum absolute atomic E-state index is 0. The van der Waals surface area contributed by atoms with Gasteiger partial charge in [0.05, 0.1) is 24.4 Å². The quantitative estimate of drug-likeness (QED) is 0.142. The van der Waals surface area contributed by atoms with E-state index in [9.17, 15) is 26.2 Å². The van der Waals surface area contributed by atoms with Gasteiger partial charge in [-0.3, -0.25) is 0 Å². The van der Waals surface area contributed by atoms with E-state index in [1.807, 2.05) is 0 Å². The minimum Gasteiger partial charge on any atom is -0.724 e. The van der Waals surface area contributed by atoms with E-state index in [1.165, 1.54) is 7.11 Å². The van der Waals surface area contributed by atoms with Crippen LogP contribution in [0.15, 0.2) is 4.40 Å².